The van der Waals surface area contributed by atoms with E-state index in [9.17, 15) is 13.2 Å². The number of H-pyrrole nitrogens is 1. The zero-order valence-corrected chi connectivity index (χ0v) is 16.8. The summed E-state index contributed by atoms with van der Waals surface area (Å²) in [4.78, 5) is 22.4. The number of halogens is 3. The van der Waals surface area contributed by atoms with Gasteiger partial charge in [0.2, 0.25) is 0 Å². The fourth-order valence-electron chi connectivity index (χ4n) is 3.28. The number of aromatic nitrogens is 3. The van der Waals surface area contributed by atoms with Gasteiger partial charge < -0.3 is 14.7 Å². The number of anilines is 1. The molecule has 2 heterocycles. The number of nitrogens with one attached hydrogen (secondary N) is 1. The van der Waals surface area contributed by atoms with Gasteiger partial charge in [0, 0.05) is 19.3 Å². The summed E-state index contributed by atoms with van der Waals surface area (Å²) >= 11 is 0. The lowest BCUT2D eigenvalue weighted by Crippen LogP contribution is -2.26. The molecule has 0 aliphatic heterocycles. The Morgan fingerprint density at radius 1 is 1.14 bits per heavy atom. The number of pyridine rings is 1. The number of imidazole rings is 1. The Balaban J connectivity index is 0.00000145. The lowest BCUT2D eigenvalue weighted by molar-refractivity contribution is -0.137. The average molecular weight is 406 g/mol. The second kappa shape index (κ2) is 9.54. The zero-order valence-electron chi connectivity index (χ0n) is 16.8. The van der Waals surface area contributed by atoms with Crippen molar-refractivity contribution in [3.63, 3.8) is 0 Å². The van der Waals surface area contributed by atoms with Crippen LogP contribution in [0.15, 0.2) is 30.5 Å². The zero-order chi connectivity index (χ0) is 21.6. The predicted octanol–water partition coefficient (Wildman–Crippen LogP) is 5.39. The smallest absolute Gasteiger partial charge is 0.356 e. The summed E-state index contributed by atoms with van der Waals surface area (Å²) in [5.74, 6) is 1.33. The minimum absolute atomic E-state index is 0.379. The first kappa shape index (κ1) is 22.4. The number of benzene rings is 1. The van der Waals surface area contributed by atoms with Crippen molar-refractivity contribution in [2.75, 3.05) is 18.0 Å². The third kappa shape index (κ3) is 4.93. The lowest BCUT2D eigenvalue weighted by atomic mass is 10.1. The molecule has 1 aromatic carbocycles. The summed E-state index contributed by atoms with van der Waals surface area (Å²) in [6.07, 6.45) is -0.704. The largest absolute Gasteiger partial charge is 0.416 e. The summed E-state index contributed by atoms with van der Waals surface area (Å²) in [6, 6.07) is 5.97. The highest BCUT2D eigenvalue weighted by atomic mass is 19.4. The van der Waals surface area contributed by atoms with Crippen LogP contribution < -0.4 is 4.90 Å². The first-order valence-corrected chi connectivity index (χ1v) is 9.41. The third-order valence-electron chi connectivity index (χ3n) is 4.43. The van der Waals surface area contributed by atoms with Gasteiger partial charge in [-0.25, -0.2) is 9.97 Å². The predicted molar refractivity (Wildman–Crippen MR) is 109 cm³/mol. The van der Waals surface area contributed by atoms with Crippen molar-refractivity contribution < 1.29 is 18.0 Å². The van der Waals surface area contributed by atoms with Crippen LogP contribution in [0.4, 0.5) is 19.0 Å². The number of aryl methyl sites for hydroxylation is 1. The molecule has 5 nitrogen and oxygen atoms in total. The molecule has 0 radical (unpaired) electrons. The van der Waals surface area contributed by atoms with E-state index in [1.807, 2.05) is 18.9 Å². The van der Waals surface area contributed by atoms with E-state index in [2.05, 4.69) is 33.7 Å². The Morgan fingerprint density at radius 3 is 2.38 bits per heavy atom. The Bertz CT molecular complexity index is 947. The van der Waals surface area contributed by atoms with Gasteiger partial charge in [-0.1, -0.05) is 13.8 Å². The highest BCUT2D eigenvalue weighted by Gasteiger charge is 2.31. The second-order valence-corrected chi connectivity index (χ2v) is 6.63. The molecule has 2 aromatic heterocycles. The number of carbonyl (C=O) groups excluding carboxylic acids is 1. The van der Waals surface area contributed by atoms with Crippen LogP contribution in [-0.4, -0.2) is 34.8 Å². The summed E-state index contributed by atoms with van der Waals surface area (Å²) < 4.78 is 39.3. The summed E-state index contributed by atoms with van der Waals surface area (Å²) in [7, 11) is 0. The molecule has 0 aliphatic carbocycles. The number of nitrogens with zero attached hydrogens (tertiary/aromatic N) is 3. The SMILES string of the molecule is C=O.CCCN(CCC)c1ncccc1-c1nc2c(C)cc(C(F)(F)F)cc2[nH]1. The van der Waals surface area contributed by atoms with Crippen molar-refractivity contribution in [1.82, 2.24) is 15.0 Å². The molecular formula is C21H25F3N4O. The molecule has 3 aromatic rings. The number of hydrogen-bond acceptors (Lipinski definition) is 4. The van der Waals surface area contributed by atoms with Crippen LogP contribution in [0, 0.1) is 6.92 Å². The number of aromatic amines is 1. The summed E-state index contributed by atoms with van der Waals surface area (Å²) in [6.45, 7) is 9.57. The molecule has 0 bridgehead atoms. The number of carbonyl (C=O) groups is 1. The van der Waals surface area contributed by atoms with Gasteiger partial charge in [0.1, 0.15) is 18.4 Å². The quantitative estimate of drug-likeness (QED) is 0.596. The van der Waals surface area contributed by atoms with Gasteiger partial charge in [-0.2, -0.15) is 13.2 Å². The molecule has 0 unspecified atom stereocenters. The Hall–Kier alpha value is -2.90. The van der Waals surface area contributed by atoms with Crippen LogP contribution in [0.2, 0.25) is 0 Å². The fraction of sp³-hybridized carbons (Fsp3) is 0.381. The second-order valence-electron chi connectivity index (χ2n) is 6.63. The Morgan fingerprint density at radius 2 is 1.79 bits per heavy atom. The maximum absolute atomic E-state index is 13.1. The van der Waals surface area contributed by atoms with Crippen LogP contribution in [0.25, 0.3) is 22.4 Å². The van der Waals surface area contributed by atoms with Gasteiger partial charge in [-0.05, 0) is 49.6 Å². The fourth-order valence-corrected chi connectivity index (χ4v) is 3.28. The maximum Gasteiger partial charge on any atom is 0.416 e. The van der Waals surface area contributed by atoms with E-state index in [-0.39, 0.29) is 0 Å². The number of hydrogen-bond donors (Lipinski definition) is 1. The van der Waals surface area contributed by atoms with Crippen molar-refractivity contribution in [2.45, 2.75) is 39.8 Å². The van der Waals surface area contributed by atoms with Crippen molar-refractivity contribution in [2.24, 2.45) is 0 Å². The molecule has 0 fully saturated rings. The van der Waals surface area contributed by atoms with Gasteiger partial charge in [0.25, 0.3) is 0 Å². The molecule has 0 spiro atoms. The van der Waals surface area contributed by atoms with Gasteiger partial charge in [0.15, 0.2) is 0 Å². The average Bonchev–Trinajstić information content (AvgIpc) is 3.13. The first-order valence-electron chi connectivity index (χ1n) is 9.41. The van der Waals surface area contributed by atoms with Crippen LogP contribution in [0.1, 0.15) is 37.8 Å². The number of rotatable bonds is 6. The highest BCUT2D eigenvalue weighted by Crippen LogP contribution is 2.34. The molecule has 0 atom stereocenters. The van der Waals surface area contributed by atoms with Gasteiger partial charge in [0.05, 0.1) is 22.2 Å². The molecule has 1 N–H and O–H groups in total. The van der Waals surface area contributed by atoms with E-state index >= 15 is 0 Å². The first-order chi connectivity index (χ1) is 13.8. The van der Waals surface area contributed by atoms with E-state index < -0.39 is 11.7 Å². The highest BCUT2D eigenvalue weighted by molar-refractivity contribution is 5.85. The number of alkyl halides is 3. The molecule has 29 heavy (non-hydrogen) atoms. The monoisotopic (exact) mass is 406 g/mol. The maximum atomic E-state index is 13.1. The van der Waals surface area contributed by atoms with Gasteiger partial charge >= 0.3 is 6.18 Å². The van der Waals surface area contributed by atoms with Crippen molar-refractivity contribution in [3.05, 3.63) is 41.6 Å². The van der Waals surface area contributed by atoms with Crippen LogP contribution >= 0.6 is 0 Å². The molecule has 0 amide bonds. The molecule has 0 saturated heterocycles. The molecule has 156 valence electrons. The van der Waals surface area contributed by atoms with E-state index in [1.54, 1.807) is 13.1 Å². The van der Waals surface area contributed by atoms with Gasteiger partial charge in [-0.15, -0.1) is 0 Å². The molecule has 8 heteroatoms. The molecule has 0 saturated carbocycles. The van der Waals surface area contributed by atoms with Crippen LogP contribution in [-0.2, 0) is 11.0 Å². The lowest BCUT2D eigenvalue weighted by Gasteiger charge is -2.24. The minimum atomic E-state index is -4.39. The minimum Gasteiger partial charge on any atom is -0.356 e. The van der Waals surface area contributed by atoms with E-state index in [4.69, 9.17) is 4.79 Å². The molecular weight excluding hydrogens is 381 g/mol. The third-order valence-corrected chi connectivity index (χ3v) is 4.43. The molecule has 3 rings (SSSR count). The van der Waals surface area contributed by atoms with E-state index in [0.29, 0.717) is 22.4 Å². The summed E-state index contributed by atoms with van der Waals surface area (Å²) in [5, 5.41) is 0. The van der Waals surface area contributed by atoms with Crippen LogP contribution in [0.3, 0.4) is 0 Å². The van der Waals surface area contributed by atoms with Crippen LogP contribution in [0.5, 0.6) is 0 Å². The Labute approximate surface area is 168 Å². The molecule has 0 aliphatic rings. The Kier molecular flexibility index (Phi) is 7.36. The number of fused-ring (bicyclic) bond motifs is 1. The van der Waals surface area contributed by atoms with Gasteiger partial charge in [-0.3, -0.25) is 0 Å². The van der Waals surface area contributed by atoms with Crippen molar-refractivity contribution in [3.8, 4) is 11.4 Å². The normalized spacial score (nSPS) is 11.2. The standard InChI is InChI=1S/C20H23F3N4.CH2O/c1-4-9-27(10-5-2)19-15(7-6-8-24-19)18-25-16-12-14(20(21,22)23)11-13(3)17(16)26-18;1-2/h6-8,11-12H,4-5,9-10H2,1-3H3,(H,25,26);1H2. The summed E-state index contributed by atoms with van der Waals surface area (Å²) in [5.41, 5.74) is 1.54. The van der Waals surface area contributed by atoms with Crippen molar-refractivity contribution in [1.29, 1.82) is 0 Å². The van der Waals surface area contributed by atoms with Crippen molar-refractivity contribution >= 4 is 23.6 Å². The topological polar surface area (TPSA) is 61.9 Å². The van der Waals surface area contributed by atoms with E-state index in [0.717, 1.165) is 49.4 Å². The van der Waals surface area contributed by atoms with E-state index in [1.165, 1.54) is 0 Å².